The van der Waals surface area contributed by atoms with E-state index in [1.165, 1.54) is 12.1 Å². The summed E-state index contributed by atoms with van der Waals surface area (Å²) in [6.07, 6.45) is 4.93. The molecule has 0 N–H and O–H groups in total. The molecule has 2 atom stereocenters. The number of benzene rings is 2. The predicted molar refractivity (Wildman–Crippen MR) is 157 cm³/mol. The van der Waals surface area contributed by atoms with Gasteiger partial charge in [-0.15, -0.1) is 0 Å². The van der Waals surface area contributed by atoms with E-state index in [-0.39, 0.29) is 172 Å². The Bertz CT molecular complexity index is 2030. The van der Waals surface area contributed by atoms with Gasteiger partial charge in [0.2, 0.25) is 11.1 Å². The van der Waals surface area contributed by atoms with E-state index in [1.807, 2.05) is 13.8 Å². The van der Waals surface area contributed by atoms with Crippen LogP contribution >= 0.6 is 12.0 Å². The van der Waals surface area contributed by atoms with Crippen molar-refractivity contribution >= 4 is 59.5 Å². The smallest absolute Gasteiger partial charge is 0.748 e. The first-order chi connectivity index (χ1) is 20.7. The van der Waals surface area contributed by atoms with Crippen LogP contribution in [0.2, 0.25) is 0 Å². The van der Waals surface area contributed by atoms with E-state index < -0.39 is 57.2 Å². The van der Waals surface area contributed by atoms with E-state index in [1.54, 1.807) is 54.9 Å². The van der Waals surface area contributed by atoms with Gasteiger partial charge in [0.15, 0.2) is 28.9 Å². The van der Waals surface area contributed by atoms with Crippen LogP contribution in [0.1, 0.15) is 38.8 Å². The number of hydrogen-bond donors (Lipinski definition) is 0. The molecule has 3 aliphatic rings. The van der Waals surface area contributed by atoms with Gasteiger partial charge in [0.25, 0.3) is 0 Å². The summed E-state index contributed by atoms with van der Waals surface area (Å²) >= 11 is 0.677. The first kappa shape index (κ1) is 46.6. The fraction of sp³-hybridized carbons (Fsp3) is 0.370. The molecule has 0 radical (unpaired) electrons. The zero-order valence-electron chi connectivity index (χ0n) is 27.3. The van der Waals surface area contributed by atoms with Crippen LogP contribution in [0.4, 0.5) is 11.4 Å². The molecule has 0 bridgehead atoms. The summed E-state index contributed by atoms with van der Waals surface area (Å²) in [6.45, 7) is 6.93. The average molecular weight is 818 g/mol. The molecule has 1 spiro atoms. The average Bonchev–Trinajstić information content (AvgIpc) is 3.60. The van der Waals surface area contributed by atoms with Gasteiger partial charge in [-0.05, 0) is 58.0 Å². The summed E-state index contributed by atoms with van der Waals surface area (Å²) in [5.74, 6) is -0.694. The summed E-state index contributed by atoms with van der Waals surface area (Å²) in [4.78, 5) is 0.0339. The summed E-state index contributed by atoms with van der Waals surface area (Å²) < 4.78 is 113. The van der Waals surface area contributed by atoms with Crippen molar-refractivity contribution in [3.63, 3.8) is 0 Å². The molecular formula is C27H28K3N2O12S4+. The molecule has 0 aliphatic carbocycles. The maximum Gasteiger partial charge on any atom is 1.00 e. The standard InChI is InChI=1S/C27H30N2O12S4.3K/c1-26(2)19-14-17(42-41-40-30)8-10-21(19)28(12-13-43(31,32)33)23(26)6-5-7-24-27(3,4)20-15-18(44(34,35)36)9-11-22(20)29(24)16-25(29)45(37,38)39;;;/h5-11,14-15,25H,12-13,16H2,1-4H3,(H2-2,30,31,32,33,34,35,36,37,38,39);;;/q;3*+1/p-2/b6-5?,24-7+;;;. The first-order valence-electron chi connectivity index (χ1n) is 13.3. The van der Waals surface area contributed by atoms with Gasteiger partial charge in [-0.1, -0.05) is 6.08 Å². The maximum atomic E-state index is 12.2. The Hall–Kier alpha value is 2.42. The molecule has 2 unspecified atom stereocenters. The van der Waals surface area contributed by atoms with Crippen molar-refractivity contribution in [2.75, 3.05) is 18.8 Å². The van der Waals surface area contributed by atoms with Gasteiger partial charge in [0.05, 0.1) is 33.5 Å². The molecule has 1 fully saturated rings. The zero-order valence-corrected chi connectivity index (χ0v) is 40.0. The van der Waals surface area contributed by atoms with Crippen molar-refractivity contribution in [2.24, 2.45) is 0 Å². The van der Waals surface area contributed by atoms with E-state index in [9.17, 15) is 44.2 Å². The Morgan fingerprint density at radius 3 is 2.12 bits per heavy atom. The molecule has 0 saturated carbocycles. The normalized spacial score (nSPS) is 23.0. The van der Waals surface area contributed by atoms with E-state index >= 15 is 0 Å². The minimum absolute atomic E-state index is 0. The largest absolute Gasteiger partial charge is 1.00 e. The van der Waals surface area contributed by atoms with Crippen LogP contribution in [-0.2, 0) is 50.6 Å². The summed E-state index contributed by atoms with van der Waals surface area (Å²) in [5.41, 5.74) is 1.39. The van der Waals surface area contributed by atoms with Gasteiger partial charge in [0, 0.05) is 34.2 Å². The molecule has 3 aliphatic heterocycles. The van der Waals surface area contributed by atoms with Gasteiger partial charge < -0.3 is 18.9 Å². The SMILES string of the molecule is CC1(C)C(C=C/C=C2\C(C)(C)c3cc(S(=O)(=O)[O-])ccc3[N+]23CC3S(=O)(=O)[O-])=[N+](CCS(=O)(=O)[O-])c2ccc(SOO[O-])cc21.[K+].[K+].[K+]. The second-order valence-corrected chi connectivity index (χ2v) is 17.2. The Kier molecular flexibility index (Phi) is 16.2. The molecule has 2 aromatic rings. The molecule has 2 aromatic carbocycles. The van der Waals surface area contributed by atoms with Crippen molar-refractivity contribution < 1.29 is 212 Å². The number of nitrogens with zero attached hydrogens (tertiary/aromatic N) is 2. The summed E-state index contributed by atoms with van der Waals surface area (Å²) in [5, 5.41) is 12.4. The Balaban J connectivity index is 0.00000267. The number of hydrogen-bond acceptors (Lipinski definition) is 13. The van der Waals surface area contributed by atoms with E-state index in [2.05, 4.69) is 9.37 Å². The summed E-state index contributed by atoms with van der Waals surface area (Å²) in [7, 11) is -14.2. The third-order valence-corrected chi connectivity index (χ3v) is 11.9. The third kappa shape index (κ3) is 9.09. The molecular weight excluding hydrogens is 790 g/mol. The Labute approximate surface area is 412 Å². The van der Waals surface area contributed by atoms with E-state index in [4.69, 9.17) is 0 Å². The van der Waals surface area contributed by atoms with Crippen LogP contribution in [0.5, 0.6) is 0 Å². The van der Waals surface area contributed by atoms with Crippen molar-refractivity contribution in [1.82, 2.24) is 4.48 Å². The zero-order chi connectivity index (χ0) is 33.4. The minimum atomic E-state index is -4.82. The van der Waals surface area contributed by atoms with Gasteiger partial charge in [-0.25, -0.2) is 29.7 Å². The van der Waals surface area contributed by atoms with Gasteiger partial charge in [0.1, 0.15) is 31.6 Å². The molecule has 14 nitrogen and oxygen atoms in total. The van der Waals surface area contributed by atoms with Crippen molar-refractivity contribution in [3.8, 4) is 0 Å². The second kappa shape index (κ2) is 16.6. The van der Waals surface area contributed by atoms with Crippen molar-refractivity contribution in [2.45, 2.75) is 53.7 Å². The molecule has 244 valence electrons. The molecule has 0 amide bonds. The van der Waals surface area contributed by atoms with E-state index in [0.717, 1.165) is 11.6 Å². The fourth-order valence-corrected chi connectivity index (χ4v) is 8.96. The molecule has 5 rings (SSSR count). The Morgan fingerprint density at radius 2 is 1.58 bits per heavy atom. The Morgan fingerprint density at radius 1 is 0.938 bits per heavy atom. The topological polar surface area (TPSA) is 216 Å². The third-order valence-electron chi connectivity index (χ3n) is 8.66. The molecule has 1 saturated heterocycles. The quantitative estimate of drug-likeness (QED) is 0.0319. The van der Waals surface area contributed by atoms with Gasteiger partial charge in [-0.2, -0.15) is 8.91 Å². The number of allylic oxidation sites excluding steroid dienone is 4. The van der Waals surface area contributed by atoms with Crippen LogP contribution < -0.4 is 164 Å². The second-order valence-electron chi connectivity index (χ2n) is 12.0. The molecule has 48 heavy (non-hydrogen) atoms. The molecule has 0 aromatic heterocycles. The van der Waals surface area contributed by atoms with Crippen molar-refractivity contribution in [1.29, 1.82) is 0 Å². The molecule has 3 heterocycles. The van der Waals surface area contributed by atoms with Crippen LogP contribution in [0.3, 0.4) is 0 Å². The number of fused-ring (bicyclic) bond motifs is 3. The van der Waals surface area contributed by atoms with Crippen molar-refractivity contribution in [3.05, 3.63) is 71.5 Å². The predicted octanol–water partition coefficient (Wildman–Crippen LogP) is -7.62. The molecule has 21 heteroatoms. The maximum absolute atomic E-state index is 12.2. The summed E-state index contributed by atoms with van der Waals surface area (Å²) in [6, 6.07) is 8.71. The van der Waals surface area contributed by atoms with E-state index in [0.29, 0.717) is 45.3 Å². The van der Waals surface area contributed by atoms with Crippen LogP contribution in [0.25, 0.3) is 0 Å². The van der Waals surface area contributed by atoms with Crippen LogP contribution in [0.15, 0.2) is 70.1 Å². The van der Waals surface area contributed by atoms with Crippen LogP contribution in [0, 0.1) is 0 Å². The van der Waals surface area contributed by atoms with Crippen LogP contribution in [-0.4, -0.2) is 73.4 Å². The number of rotatable bonds is 10. The fourth-order valence-electron chi connectivity index (χ4n) is 6.58. The van der Waals surface area contributed by atoms with Gasteiger partial charge in [-0.3, -0.25) is 5.04 Å². The first-order valence-corrected chi connectivity index (χ1v) is 18.5. The minimum Gasteiger partial charge on any atom is -0.748 e. The monoisotopic (exact) mass is 817 g/mol. The van der Waals surface area contributed by atoms with Gasteiger partial charge >= 0.3 is 154 Å². The number of quaternary nitrogens is 1.